The molecule has 0 aromatic carbocycles. The first-order valence-electron chi connectivity index (χ1n) is 4.49. The fourth-order valence-electron chi connectivity index (χ4n) is 1.39. The standard InChI is InChI=1S/C11H7N5/c12-5-8-4-10(14)11(15-7-8)16-3-1-2-9(16)6-13/h1-4,7H,14H2. The molecule has 0 aliphatic rings. The zero-order chi connectivity index (χ0) is 11.5. The molecular weight excluding hydrogens is 202 g/mol. The third kappa shape index (κ3) is 1.47. The van der Waals surface area contributed by atoms with Crippen LogP contribution in [0.25, 0.3) is 5.82 Å². The number of nitrogens with two attached hydrogens (primary N) is 1. The Morgan fingerprint density at radius 1 is 1.31 bits per heavy atom. The number of nitriles is 2. The number of nitrogen functional groups attached to an aromatic ring is 1. The Hall–Kier alpha value is -2.79. The molecule has 0 radical (unpaired) electrons. The molecule has 5 heteroatoms. The molecule has 5 nitrogen and oxygen atoms in total. The normalized spacial score (nSPS) is 9.38. The van der Waals surface area contributed by atoms with E-state index < -0.39 is 0 Å². The van der Waals surface area contributed by atoms with E-state index in [4.69, 9.17) is 16.3 Å². The largest absolute Gasteiger partial charge is 0.396 e. The van der Waals surface area contributed by atoms with Crippen LogP contribution in [0.3, 0.4) is 0 Å². The van der Waals surface area contributed by atoms with Crippen molar-refractivity contribution in [2.75, 3.05) is 5.73 Å². The van der Waals surface area contributed by atoms with Gasteiger partial charge in [-0.2, -0.15) is 10.5 Å². The Bertz CT molecular complexity index is 612. The van der Waals surface area contributed by atoms with Gasteiger partial charge in [0.2, 0.25) is 0 Å². The second-order valence-corrected chi connectivity index (χ2v) is 3.12. The lowest BCUT2D eigenvalue weighted by atomic mass is 10.3. The molecule has 0 bridgehead atoms. The van der Waals surface area contributed by atoms with Crippen LogP contribution in [0.4, 0.5) is 5.69 Å². The molecule has 0 fully saturated rings. The number of hydrogen-bond acceptors (Lipinski definition) is 4. The first kappa shape index (κ1) is 9.75. The van der Waals surface area contributed by atoms with Gasteiger partial charge in [-0.15, -0.1) is 0 Å². The van der Waals surface area contributed by atoms with Crippen LogP contribution in [-0.2, 0) is 0 Å². The lowest BCUT2D eigenvalue weighted by molar-refractivity contribution is 0.991. The third-order valence-electron chi connectivity index (χ3n) is 2.12. The van der Waals surface area contributed by atoms with E-state index in [0.29, 0.717) is 22.8 Å². The van der Waals surface area contributed by atoms with Crippen molar-refractivity contribution in [3.63, 3.8) is 0 Å². The zero-order valence-electron chi connectivity index (χ0n) is 8.25. The molecule has 0 saturated heterocycles. The van der Waals surface area contributed by atoms with Gasteiger partial charge < -0.3 is 5.73 Å². The van der Waals surface area contributed by atoms with Crippen molar-refractivity contribution in [1.29, 1.82) is 10.5 Å². The summed E-state index contributed by atoms with van der Waals surface area (Å²) in [5.41, 5.74) is 6.98. The second kappa shape index (κ2) is 3.76. The zero-order valence-corrected chi connectivity index (χ0v) is 8.25. The lowest BCUT2D eigenvalue weighted by Gasteiger charge is -2.06. The quantitative estimate of drug-likeness (QED) is 0.763. The summed E-state index contributed by atoms with van der Waals surface area (Å²) in [6.07, 6.45) is 3.12. The van der Waals surface area contributed by atoms with E-state index in [1.165, 1.54) is 12.3 Å². The molecule has 2 N–H and O–H groups in total. The van der Waals surface area contributed by atoms with Crippen LogP contribution in [0.2, 0.25) is 0 Å². The van der Waals surface area contributed by atoms with Gasteiger partial charge in [-0.1, -0.05) is 0 Å². The SMILES string of the molecule is N#Cc1cnc(-n2cccc2C#N)c(N)c1. The minimum Gasteiger partial charge on any atom is -0.396 e. The van der Waals surface area contributed by atoms with Crippen molar-refractivity contribution >= 4 is 5.69 Å². The maximum Gasteiger partial charge on any atom is 0.161 e. The van der Waals surface area contributed by atoms with Crippen LogP contribution in [0, 0.1) is 22.7 Å². The molecule has 0 aliphatic carbocycles. The van der Waals surface area contributed by atoms with Gasteiger partial charge in [-0.3, -0.25) is 4.57 Å². The molecule has 0 saturated carbocycles. The van der Waals surface area contributed by atoms with Crippen molar-refractivity contribution in [3.05, 3.63) is 41.9 Å². The van der Waals surface area contributed by atoms with Crippen LogP contribution in [0.15, 0.2) is 30.6 Å². The summed E-state index contributed by atoms with van der Waals surface area (Å²) in [6, 6.07) is 8.92. The number of hydrogen-bond donors (Lipinski definition) is 1. The van der Waals surface area contributed by atoms with Crippen LogP contribution < -0.4 is 5.73 Å². The maximum absolute atomic E-state index is 8.87. The van der Waals surface area contributed by atoms with Gasteiger partial charge in [0.25, 0.3) is 0 Å². The summed E-state index contributed by atoms with van der Waals surface area (Å²) in [6.45, 7) is 0. The average Bonchev–Trinajstić information content (AvgIpc) is 2.76. The van der Waals surface area contributed by atoms with Crippen LogP contribution in [0.5, 0.6) is 0 Å². The number of aromatic nitrogens is 2. The number of nitrogens with zero attached hydrogens (tertiary/aromatic N) is 4. The molecule has 0 amide bonds. The predicted molar refractivity (Wildman–Crippen MR) is 57.4 cm³/mol. The third-order valence-corrected chi connectivity index (χ3v) is 2.12. The molecule has 0 unspecified atom stereocenters. The first-order valence-corrected chi connectivity index (χ1v) is 4.49. The molecule has 2 rings (SSSR count). The summed E-state index contributed by atoms with van der Waals surface area (Å²) in [5.74, 6) is 0.459. The van der Waals surface area contributed by atoms with Crippen LogP contribution >= 0.6 is 0 Å². The minimum atomic E-state index is 0.367. The Morgan fingerprint density at radius 2 is 2.12 bits per heavy atom. The minimum absolute atomic E-state index is 0.367. The van der Waals surface area contributed by atoms with Gasteiger partial charge in [0.05, 0.1) is 11.3 Å². The monoisotopic (exact) mass is 209 g/mol. The average molecular weight is 209 g/mol. The van der Waals surface area contributed by atoms with Crippen LogP contribution in [0.1, 0.15) is 11.3 Å². The molecule has 2 aromatic heterocycles. The molecule has 2 aromatic rings. The molecule has 0 spiro atoms. The summed E-state index contributed by atoms with van der Waals surface area (Å²) in [5, 5.41) is 17.5. The summed E-state index contributed by atoms with van der Waals surface area (Å²) >= 11 is 0. The number of pyridine rings is 1. The topological polar surface area (TPSA) is 91.4 Å². The van der Waals surface area contributed by atoms with Gasteiger partial charge in [0, 0.05) is 12.4 Å². The van der Waals surface area contributed by atoms with Gasteiger partial charge >= 0.3 is 0 Å². The van der Waals surface area contributed by atoms with E-state index >= 15 is 0 Å². The van der Waals surface area contributed by atoms with Crippen molar-refractivity contribution in [1.82, 2.24) is 9.55 Å². The Morgan fingerprint density at radius 3 is 2.75 bits per heavy atom. The lowest BCUT2D eigenvalue weighted by Crippen LogP contribution is -2.03. The fraction of sp³-hybridized carbons (Fsp3) is 0. The van der Waals surface area contributed by atoms with Crippen molar-refractivity contribution in [2.24, 2.45) is 0 Å². The van der Waals surface area contributed by atoms with E-state index in [-0.39, 0.29) is 0 Å². The smallest absolute Gasteiger partial charge is 0.161 e. The summed E-state index contributed by atoms with van der Waals surface area (Å²) in [4.78, 5) is 4.06. The highest BCUT2D eigenvalue weighted by atomic mass is 15.1. The molecule has 2 heterocycles. The van der Waals surface area contributed by atoms with Gasteiger partial charge in [0.1, 0.15) is 17.8 Å². The molecular formula is C11H7N5. The number of rotatable bonds is 1. The van der Waals surface area contributed by atoms with E-state index in [1.54, 1.807) is 22.9 Å². The highest BCUT2D eigenvalue weighted by Crippen LogP contribution is 2.17. The molecule has 16 heavy (non-hydrogen) atoms. The second-order valence-electron chi connectivity index (χ2n) is 3.12. The highest BCUT2D eigenvalue weighted by Gasteiger charge is 2.07. The fourth-order valence-corrected chi connectivity index (χ4v) is 1.39. The number of anilines is 1. The van der Waals surface area contributed by atoms with E-state index in [1.807, 2.05) is 12.1 Å². The van der Waals surface area contributed by atoms with Gasteiger partial charge in [0.15, 0.2) is 5.82 Å². The molecule has 0 aliphatic heterocycles. The summed E-state index contributed by atoms with van der Waals surface area (Å²) < 4.78 is 1.58. The first-order chi connectivity index (χ1) is 7.76. The Balaban J connectivity index is 2.59. The predicted octanol–water partition coefficient (Wildman–Crippen LogP) is 1.20. The van der Waals surface area contributed by atoms with Crippen molar-refractivity contribution < 1.29 is 0 Å². The van der Waals surface area contributed by atoms with E-state index in [2.05, 4.69) is 4.98 Å². The van der Waals surface area contributed by atoms with E-state index in [0.717, 1.165) is 0 Å². The van der Waals surface area contributed by atoms with Gasteiger partial charge in [-0.05, 0) is 18.2 Å². The molecule has 76 valence electrons. The maximum atomic E-state index is 8.87. The van der Waals surface area contributed by atoms with E-state index in [9.17, 15) is 0 Å². The highest BCUT2D eigenvalue weighted by molar-refractivity contribution is 5.57. The molecule has 0 atom stereocenters. The Kier molecular flexibility index (Phi) is 2.29. The Labute approximate surface area is 92.0 Å². The van der Waals surface area contributed by atoms with Crippen molar-refractivity contribution in [3.8, 4) is 18.0 Å². The van der Waals surface area contributed by atoms with Crippen molar-refractivity contribution in [2.45, 2.75) is 0 Å². The van der Waals surface area contributed by atoms with Gasteiger partial charge in [-0.25, -0.2) is 4.98 Å². The van der Waals surface area contributed by atoms with Crippen LogP contribution in [-0.4, -0.2) is 9.55 Å². The summed E-state index contributed by atoms with van der Waals surface area (Å²) in [7, 11) is 0.